The van der Waals surface area contributed by atoms with E-state index < -0.39 is 0 Å². The van der Waals surface area contributed by atoms with Crippen molar-refractivity contribution in [2.75, 3.05) is 0 Å². The van der Waals surface area contributed by atoms with E-state index in [1.165, 1.54) is 27.1 Å². The second-order valence-electron chi connectivity index (χ2n) is 4.60. The third kappa shape index (κ3) is 1.31. The van der Waals surface area contributed by atoms with E-state index >= 15 is 0 Å². The monoisotopic (exact) mass is 230 g/mol. The molecule has 4 aromatic rings. The standard InChI is InChI=1S/C17H12N/c1-2-7-16-13(5-1)8-9-14-12-18-10-4-3-6-15(18)11-17(14)16/h1-12H/q+1. The summed E-state index contributed by atoms with van der Waals surface area (Å²) >= 11 is 0. The highest BCUT2D eigenvalue weighted by Gasteiger charge is 2.06. The highest BCUT2D eigenvalue weighted by molar-refractivity contribution is 6.07. The first kappa shape index (κ1) is 9.60. The van der Waals surface area contributed by atoms with Crippen molar-refractivity contribution >= 4 is 27.1 Å². The molecule has 0 radical (unpaired) electrons. The SMILES string of the molecule is c1ccc2c(c1)ccc1c[n+]3ccccc3cc12. The van der Waals surface area contributed by atoms with Crippen molar-refractivity contribution in [3.05, 3.63) is 73.1 Å². The molecule has 0 spiro atoms. The van der Waals surface area contributed by atoms with Gasteiger partial charge in [0.05, 0.1) is 0 Å². The lowest BCUT2D eigenvalue weighted by Gasteiger charge is -2.02. The molecule has 1 heteroatoms. The van der Waals surface area contributed by atoms with Crippen LogP contribution < -0.4 is 4.40 Å². The fourth-order valence-corrected chi connectivity index (χ4v) is 2.59. The number of nitrogens with zero attached hydrogens (tertiary/aromatic N) is 1. The fraction of sp³-hybridized carbons (Fsp3) is 0. The summed E-state index contributed by atoms with van der Waals surface area (Å²) in [6.45, 7) is 0. The zero-order chi connectivity index (χ0) is 11.9. The van der Waals surface area contributed by atoms with Crippen molar-refractivity contribution in [3.8, 4) is 0 Å². The Morgan fingerprint density at radius 2 is 1.50 bits per heavy atom. The maximum atomic E-state index is 2.26. The summed E-state index contributed by atoms with van der Waals surface area (Å²) in [6.07, 6.45) is 4.28. The van der Waals surface area contributed by atoms with E-state index in [-0.39, 0.29) is 0 Å². The van der Waals surface area contributed by atoms with Gasteiger partial charge in [-0.05, 0) is 22.9 Å². The number of hydrogen-bond acceptors (Lipinski definition) is 0. The van der Waals surface area contributed by atoms with Crippen LogP contribution in [0, 0.1) is 0 Å². The minimum absolute atomic E-state index is 1.22. The molecule has 2 aromatic heterocycles. The van der Waals surface area contributed by atoms with Crippen molar-refractivity contribution in [1.82, 2.24) is 0 Å². The largest absolute Gasteiger partial charge is 0.211 e. The van der Waals surface area contributed by atoms with Gasteiger partial charge in [-0.1, -0.05) is 30.3 Å². The molecular weight excluding hydrogens is 218 g/mol. The number of rotatable bonds is 0. The molecule has 0 fully saturated rings. The van der Waals surface area contributed by atoms with Gasteiger partial charge < -0.3 is 0 Å². The van der Waals surface area contributed by atoms with Crippen LogP contribution in [-0.2, 0) is 0 Å². The predicted molar refractivity (Wildman–Crippen MR) is 74.6 cm³/mol. The topological polar surface area (TPSA) is 4.10 Å². The van der Waals surface area contributed by atoms with E-state index in [1.54, 1.807) is 0 Å². The van der Waals surface area contributed by atoms with Crippen LogP contribution in [0.15, 0.2) is 73.1 Å². The van der Waals surface area contributed by atoms with Crippen LogP contribution in [0.1, 0.15) is 0 Å². The molecule has 0 aliphatic heterocycles. The molecule has 0 atom stereocenters. The van der Waals surface area contributed by atoms with Crippen LogP contribution in [0.4, 0.5) is 0 Å². The van der Waals surface area contributed by atoms with Gasteiger partial charge in [0.25, 0.3) is 0 Å². The summed E-state index contributed by atoms with van der Waals surface area (Å²) in [5, 5.41) is 5.21. The number of hydrogen-bond donors (Lipinski definition) is 0. The molecule has 1 nitrogen and oxygen atoms in total. The Morgan fingerprint density at radius 3 is 2.50 bits per heavy atom. The van der Waals surface area contributed by atoms with Crippen LogP contribution in [0.5, 0.6) is 0 Å². The Morgan fingerprint density at radius 1 is 0.667 bits per heavy atom. The zero-order valence-electron chi connectivity index (χ0n) is 9.88. The Kier molecular flexibility index (Phi) is 1.89. The van der Waals surface area contributed by atoms with Crippen LogP contribution >= 0.6 is 0 Å². The number of benzene rings is 2. The Labute approximate surface area is 105 Å². The first-order chi connectivity index (χ1) is 8.92. The molecule has 0 bridgehead atoms. The first-order valence-electron chi connectivity index (χ1n) is 6.13. The van der Waals surface area contributed by atoms with E-state index in [1.807, 2.05) is 0 Å². The normalized spacial score (nSPS) is 11.3. The molecule has 0 saturated carbocycles. The molecule has 0 amide bonds. The minimum atomic E-state index is 1.22. The Bertz CT molecular complexity index is 872. The van der Waals surface area contributed by atoms with Crippen LogP contribution in [-0.4, -0.2) is 0 Å². The van der Waals surface area contributed by atoms with E-state index in [2.05, 4.69) is 77.5 Å². The lowest BCUT2D eigenvalue weighted by atomic mass is 10.0. The van der Waals surface area contributed by atoms with Crippen molar-refractivity contribution in [2.45, 2.75) is 0 Å². The molecular formula is C17H12N+. The van der Waals surface area contributed by atoms with Gasteiger partial charge >= 0.3 is 0 Å². The van der Waals surface area contributed by atoms with E-state index in [9.17, 15) is 0 Å². The average Bonchev–Trinajstić information content (AvgIpc) is 2.45. The molecule has 4 rings (SSSR count). The maximum absolute atomic E-state index is 2.26. The van der Waals surface area contributed by atoms with Gasteiger partial charge in [-0.15, -0.1) is 0 Å². The Balaban J connectivity index is 2.27. The van der Waals surface area contributed by atoms with Crippen molar-refractivity contribution in [3.63, 3.8) is 0 Å². The third-order valence-corrected chi connectivity index (χ3v) is 3.50. The number of pyridine rings is 2. The number of fused-ring (bicyclic) bond motifs is 4. The van der Waals surface area contributed by atoms with Gasteiger partial charge in [0.15, 0.2) is 12.4 Å². The van der Waals surface area contributed by atoms with Crippen molar-refractivity contribution < 1.29 is 4.40 Å². The second kappa shape index (κ2) is 3.54. The summed E-state index contributed by atoms with van der Waals surface area (Å²) < 4.78 is 2.16. The van der Waals surface area contributed by atoms with Gasteiger partial charge in [-0.2, -0.15) is 4.40 Å². The maximum Gasteiger partial charge on any atom is 0.211 e. The zero-order valence-corrected chi connectivity index (χ0v) is 9.88. The van der Waals surface area contributed by atoms with E-state index in [4.69, 9.17) is 0 Å². The first-order valence-corrected chi connectivity index (χ1v) is 6.13. The average molecular weight is 230 g/mol. The molecule has 84 valence electrons. The molecule has 0 N–H and O–H groups in total. The van der Waals surface area contributed by atoms with Crippen LogP contribution in [0.2, 0.25) is 0 Å². The molecule has 0 unspecified atom stereocenters. The minimum Gasteiger partial charge on any atom is -0.167 e. The van der Waals surface area contributed by atoms with Gasteiger partial charge in [0.2, 0.25) is 5.52 Å². The Hall–Kier alpha value is -2.41. The van der Waals surface area contributed by atoms with Crippen LogP contribution in [0.3, 0.4) is 0 Å². The summed E-state index contributed by atoms with van der Waals surface area (Å²) in [5.41, 5.74) is 1.22. The van der Waals surface area contributed by atoms with Gasteiger partial charge in [-0.3, -0.25) is 0 Å². The smallest absolute Gasteiger partial charge is 0.167 e. The van der Waals surface area contributed by atoms with E-state index in [0.717, 1.165) is 0 Å². The summed E-state index contributed by atoms with van der Waals surface area (Å²) in [5.74, 6) is 0. The molecule has 18 heavy (non-hydrogen) atoms. The van der Waals surface area contributed by atoms with E-state index in [0.29, 0.717) is 0 Å². The van der Waals surface area contributed by atoms with Crippen molar-refractivity contribution in [2.24, 2.45) is 0 Å². The molecule has 2 aromatic carbocycles. The van der Waals surface area contributed by atoms with Gasteiger partial charge in [0.1, 0.15) is 0 Å². The van der Waals surface area contributed by atoms with Crippen molar-refractivity contribution in [1.29, 1.82) is 0 Å². The quantitative estimate of drug-likeness (QED) is 0.246. The summed E-state index contributed by atoms with van der Waals surface area (Å²) in [4.78, 5) is 0. The highest BCUT2D eigenvalue weighted by atomic mass is 14.8. The molecule has 0 saturated heterocycles. The molecule has 0 aliphatic rings. The highest BCUT2D eigenvalue weighted by Crippen LogP contribution is 2.24. The van der Waals surface area contributed by atoms with Gasteiger partial charge in [0, 0.05) is 29.0 Å². The predicted octanol–water partition coefficient (Wildman–Crippen LogP) is 3.73. The number of aromatic nitrogens is 1. The summed E-state index contributed by atoms with van der Waals surface area (Å²) in [7, 11) is 0. The lowest BCUT2D eigenvalue weighted by molar-refractivity contribution is -0.510. The van der Waals surface area contributed by atoms with Crippen LogP contribution in [0.25, 0.3) is 27.1 Å². The fourth-order valence-electron chi connectivity index (χ4n) is 2.59. The van der Waals surface area contributed by atoms with Gasteiger partial charge in [-0.25, -0.2) is 0 Å². The lowest BCUT2D eigenvalue weighted by Crippen LogP contribution is -2.19. The molecule has 2 heterocycles. The summed E-state index contributed by atoms with van der Waals surface area (Å²) in [6, 6.07) is 21.5. The molecule has 0 aliphatic carbocycles. The third-order valence-electron chi connectivity index (χ3n) is 3.50. The second-order valence-corrected chi connectivity index (χ2v) is 4.60.